The first-order valence-corrected chi connectivity index (χ1v) is 10.9. The highest BCUT2D eigenvalue weighted by Crippen LogP contribution is 2.39. The van der Waals surface area contributed by atoms with Crippen LogP contribution in [-0.2, 0) is 25.1 Å². The molecule has 0 aliphatic heterocycles. The van der Waals surface area contributed by atoms with E-state index in [0.29, 0.717) is 15.1 Å². The molecule has 2 atom stereocenters. The third-order valence-corrected chi connectivity index (χ3v) is 7.95. The van der Waals surface area contributed by atoms with Crippen molar-refractivity contribution in [3.8, 4) is 0 Å². The molecule has 0 saturated carbocycles. The molecule has 2 unspecified atom stereocenters. The zero-order valence-electron chi connectivity index (χ0n) is 16.2. The molecule has 1 N–H and O–H groups in total. The standard InChI is InChI=1S/C18H27BrClNO4S/c1-11(2)15(16(22)25-7)18(6,21-26(23,24)17(3,4)5)12-8-9-13(19)14(20)10-12/h8-11,15,21H,1-7H3. The maximum absolute atomic E-state index is 12.9. The van der Waals surface area contributed by atoms with Crippen molar-refractivity contribution in [2.45, 2.75) is 51.8 Å². The van der Waals surface area contributed by atoms with Crippen molar-refractivity contribution < 1.29 is 17.9 Å². The average Bonchev–Trinajstić information content (AvgIpc) is 2.47. The Kier molecular flexibility index (Phi) is 7.35. The van der Waals surface area contributed by atoms with Crippen LogP contribution in [0.2, 0.25) is 5.02 Å². The molecule has 0 bridgehead atoms. The van der Waals surface area contributed by atoms with E-state index in [-0.39, 0.29) is 5.92 Å². The van der Waals surface area contributed by atoms with Crippen molar-refractivity contribution in [3.05, 3.63) is 33.3 Å². The van der Waals surface area contributed by atoms with Crippen molar-refractivity contribution in [3.63, 3.8) is 0 Å². The summed E-state index contributed by atoms with van der Waals surface area (Å²) < 4.78 is 33.2. The molecule has 8 heteroatoms. The fourth-order valence-corrected chi connectivity index (χ4v) is 4.39. The van der Waals surface area contributed by atoms with Gasteiger partial charge in [0.2, 0.25) is 10.0 Å². The second-order valence-electron chi connectivity index (χ2n) is 7.79. The van der Waals surface area contributed by atoms with Crippen LogP contribution in [0.3, 0.4) is 0 Å². The third-order valence-electron chi connectivity index (χ3n) is 4.42. The summed E-state index contributed by atoms with van der Waals surface area (Å²) in [7, 11) is -2.46. The number of hydrogen-bond acceptors (Lipinski definition) is 4. The van der Waals surface area contributed by atoms with Crippen molar-refractivity contribution in [1.82, 2.24) is 4.72 Å². The normalized spacial score (nSPS) is 16.2. The number of ether oxygens (including phenoxy) is 1. The number of methoxy groups -OCH3 is 1. The molecule has 5 nitrogen and oxygen atoms in total. The molecule has 148 valence electrons. The predicted octanol–water partition coefficient (Wildman–Crippen LogP) is 4.48. The second-order valence-corrected chi connectivity index (χ2v) is 11.5. The molecule has 0 amide bonds. The molecule has 1 aromatic rings. The van der Waals surface area contributed by atoms with E-state index in [9.17, 15) is 13.2 Å². The van der Waals surface area contributed by atoms with Crippen LogP contribution in [0.15, 0.2) is 22.7 Å². The van der Waals surface area contributed by atoms with Gasteiger partial charge >= 0.3 is 5.97 Å². The van der Waals surface area contributed by atoms with Crippen molar-refractivity contribution in [1.29, 1.82) is 0 Å². The molecular formula is C18H27BrClNO4S. The number of esters is 1. The van der Waals surface area contributed by atoms with E-state index >= 15 is 0 Å². The molecule has 0 radical (unpaired) electrons. The highest BCUT2D eigenvalue weighted by molar-refractivity contribution is 9.10. The molecule has 0 aromatic heterocycles. The van der Waals surface area contributed by atoms with E-state index in [0.717, 1.165) is 0 Å². The summed E-state index contributed by atoms with van der Waals surface area (Å²) >= 11 is 9.57. The lowest BCUT2D eigenvalue weighted by Gasteiger charge is -2.41. The maximum atomic E-state index is 12.9. The van der Waals surface area contributed by atoms with Crippen LogP contribution < -0.4 is 4.72 Å². The smallest absolute Gasteiger partial charge is 0.311 e. The van der Waals surface area contributed by atoms with Crippen molar-refractivity contribution in [2.24, 2.45) is 11.8 Å². The van der Waals surface area contributed by atoms with Crippen LogP contribution in [0.5, 0.6) is 0 Å². The summed E-state index contributed by atoms with van der Waals surface area (Å²) in [5, 5.41) is 0.427. The Morgan fingerprint density at radius 1 is 1.23 bits per heavy atom. The van der Waals surface area contributed by atoms with Gasteiger partial charge in [0.25, 0.3) is 0 Å². The van der Waals surface area contributed by atoms with Gasteiger partial charge in [-0.15, -0.1) is 0 Å². The SMILES string of the molecule is COC(=O)C(C(C)C)C(C)(NS(=O)(=O)C(C)(C)C)c1ccc(Br)c(Cl)c1. The van der Waals surface area contributed by atoms with Crippen molar-refractivity contribution in [2.75, 3.05) is 7.11 Å². The summed E-state index contributed by atoms with van der Waals surface area (Å²) in [5.74, 6) is -1.42. The van der Waals surface area contributed by atoms with E-state index in [1.54, 1.807) is 45.9 Å². The Balaban J connectivity index is 3.69. The van der Waals surface area contributed by atoms with Gasteiger partial charge in [0.1, 0.15) is 0 Å². The van der Waals surface area contributed by atoms with Gasteiger partial charge in [-0.25, -0.2) is 13.1 Å². The third kappa shape index (κ3) is 4.80. The van der Waals surface area contributed by atoms with Gasteiger partial charge < -0.3 is 4.74 Å². The molecule has 1 rings (SSSR count). The minimum absolute atomic E-state index is 0.183. The fraction of sp³-hybridized carbons (Fsp3) is 0.611. The van der Waals surface area contributed by atoms with E-state index < -0.39 is 32.2 Å². The number of benzene rings is 1. The van der Waals surface area contributed by atoms with E-state index in [2.05, 4.69) is 20.7 Å². The van der Waals surface area contributed by atoms with Gasteiger partial charge in [-0.1, -0.05) is 31.5 Å². The Labute approximate surface area is 170 Å². The van der Waals surface area contributed by atoms with Crippen LogP contribution in [0.25, 0.3) is 0 Å². The molecule has 0 spiro atoms. The summed E-state index contributed by atoms with van der Waals surface area (Å²) in [6, 6.07) is 5.14. The van der Waals surface area contributed by atoms with Gasteiger partial charge in [0.05, 0.1) is 28.3 Å². The number of sulfonamides is 1. The van der Waals surface area contributed by atoms with Gasteiger partial charge in [-0.05, 0) is 67.2 Å². The minimum Gasteiger partial charge on any atom is -0.469 e. The first kappa shape index (κ1) is 23.4. The van der Waals surface area contributed by atoms with Crippen LogP contribution in [-0.4, -0.2) is 26.2 Å². The Morgan fingerprint density at radius 2 is 1.77 bits per heavy atom. The highest BCUT2D eigenvalue weighted by Gasteiger charge is 2.48. The lowest BCUT2D eigenvalue weighted by molar-refractivity contribution is -0.150. The minimum atomic E-state index is -3.76. The molecule has 0 heterocycles. The fourth-order valence-electron chi connectivity index (χ4n) is 2.85. The zero-order valence-corrected chi connectivity index (χ0v) is 19.3. The Hall–Kier alpha value is -0.630. The molecule has 0 aliphatic rings. The average molecular weight is 469 g/mol. The quantitative estimate of drug-likeness (QED) is 0.625. The number of halogens is 2. The Bertz CT molecular complexity index is 774. The van der Waals surface area contributed by atoms with E-state index in [4.69, 9.17) is 16.3 Å². The highest BCUT2D eigenvalue weighted by atomic mass is 79.9. The lowest BCUT2D eigenvalue weighted by Crippen LogP contribution is -2.56. The van der Waals surface area contributed by atoms with Gasteiger partial charge in [0.15, 0.2) is 0 Å². The number of rotatable bonds is 6. The largest absolute Gasteiger partial charge is 0.469 e. The summed E-state index contributed by atoms with van der Waals surface area (Å²) in [4.78, 5) is 12.6. The van der Waals surface area contributed by atoms with Gasteiger partial charge in [-0.3, -0.25) is 4.79 Å². The number of carbonyl (C=O) groups is 1. The van der Waals surface area contributed by atoms with Crippen LogP contribution in [0.4, 0.5) is 0 Å². The number of nitrogens with one attached hydrogen (secondary N) is 1. The summed E-state index contributed by atoms with van der Waals surface area (Å²) in [6.45, 7) is 10.2. The Morgan fingerprint density at radius 3 is 2.15 bits per heavy atom. The van der Waals surface area contributed by atoms with Gasteiger partial charge in [-0.2, -0.15) is 0 Å². The second kappa shape index (κ2) is 8.17. The lowest BCUT2D eigenvalue weighted by atomic mass is 9.74. The van der Waals surface area contributed by atoms with Crippen LogP contribution >= 0.6 is 27.5 Å². The first-order valence-electron chi connectivity index (χ1n) is 8.24. The van der Waals surface area contributed by atoms with Gasteiger partial charge in [0, 0.05) is 4.47 Å². The first-order chi connectivity index (χ1) is 11.7. The monoisotopic (exact) mass is 467 g/mol. The van der Waals surface area contributed by atoms with Crippen LogP contribution in [0, 0.1) is 11.8 Å². The summed E-state index contributed by atoms with van der Waals surface area (Å²) in [6.07, 6.45) is 0. The van der Waals surface area contributed by atoms with Crippen LogP contribution in [0.1, 0.15) is 47.1 Å². The van der Waals surface area contributed by atoms with Crippen molar-refractivity contribution >= 4 is 43.5 Å². The number of carbonyl (C=O) groups excluding carboxylic acids is 1. The molecule has 0 fully saturated rings. The predicted molar refractivity (Wildman–Crippen MR) is 109 cm³/mol. The molecule has 26 heavy (non-hydrogen) atoms. The van der Waals surface area contributed by atoms with E-state index in [1.165, 1.54) is 7.11 Å². The number of hydrogen-bond donors (Lipinski definition) is 1. The molecule has 1 aromatic carbocycles. The summed E-state index contributed by atoms with van der Waals surface area (Å²) in [5.41, 5.74) is -0.653. The maximum Gasteiger partial charge on any atom is 0.311 e. The molecule has 0 saturated heterocycles. The zero-order chi connectivity index (χ0) is 20.5. The molecular weight excluding hydrogens is 442 g/mol. The van der Waals surface area contributed by atoms with E-state index in [1.807, 2.05) is 13.8 Å². The molecule has 0 aliphatic carbocycles. The topological polar surface area (TPSA) is 72.5 Å².